The molecule has 0 unspecified atom stereocenters. The number of aryl methyl sites for hydroxylation is 1. The minimum Gasteiger partial charge on any atom is -0.497 e. The highest BCUT2D eigenvalue weighted by Crippen LogP contribution is 2.36. The number of amides is 1. The SMILES string of the molecule is CCCCn1c(NCc2ccc(OC)cc2)c(/C=C2/SC(=S)N(Cc3ccc(C)cc3)C2=O)c(C)c(C#N)c1=O. The zero-order valence-electron chi connectivity index (χ0n) is 23.1. The third-order valence-electron chi connectivity index (χ3n) is 6.84. The third kappa shape index (κ3) is 6.30. The van der Waals surface area contributed by atoms with E-state index in [1.165, 1.54) is 11.8 Å². The van der Waals surface area contributed by atoms with Crippen LogP contribution >= 0.6 is 24.0 Å². The number of methoxy groups -OCH3 is 1. The fraction of sp³-hybridized carbons (Fsp3) is 0.290. The lowest BCUT2D eigenvalue weighted by Crippen LogP contribution is -2.28. The number of ether oxygens (including phenoxy) is 1. The Balaban J connectivity index is 1.75. The first-order valence-electron chi connectivity index (χ1n) is 13.1. The zero-order valence-corrected chi connectivity index (χ0v) is 24.7. The van der Waals surface area contributed by atoms with Gasteiger partial charge < -0.3 is 10.1 Å². The van der Waals surface area contributed by atoms with Gasteiger partial charge in [-0.05, 0) is 55.2 Å². The van der Waals surface area contributed by atoms with Crippen LogP contribution in [0.2, 0.25) is 0 Å². The Labute approximate surface area is 244 Å². The number of nitrogens with one attached hydrogen (secondary N) is 1. The van der Waals surface area contributed by atoms with Gasteiger partial charge in [-0.2, -0.15) is 5.26 Å². The number of nitriles is 1. The van der Waals surface area contributed by atoms with Crippen LogP contribution in [-0.2, 0) is 24.4 Å². The Morgan fingerprint density at radius 1 is 1.07 bits per heavy atom. The van der Waals surface area contributed by atoms with E-state index >= 15 is 0 Å². The van der Waals surface area contributed by atoms with Crippen molar-refractivity contribution in [3.63, 3.8) is 0 Å². The van der Waals surface area contributed by atoms with E-state index in [4.69, 9.17) is 17.0 Å². The molecule has 0 atom stereocenters. The first-order chi connectivity index (χ1) is 19.3. The molecule has 7 nitrogen and oxygen atoms in total. The van der Waals surface area contributed by atoms with E-state index in [9.17, 15) is 14.9 Å². The molecule has 2 heterocycles. The molecule has 4 rings (SSSR count). The zero-order chi connectivity index (χ0) is 28.8. The van der Waals surface area contributed by atoms with E-state index in [1.807, 2.05) is 55.5 Å². The van der Waals surface area contributed by atoms with Gasteiger partial charge in [0.05, 0.1) is 18.6 Å². The number of benzene rings is 2. The molecule has 206 valence electrons. The van der Waals surface area contributed by atoms with E-state index in [2.05, 4.69) is 18.3 Å². The minimum atomic E-state index is -0.338. The summed E-state index contributed by atoms with van der Waals surface area (Å²) in [4.78, 5) is 29.0. The molecule has 0 aliphatic carbocycles. The first-order valence-corrected chi connectivity index (χ1v) is 14.3. The van der Waals surface area contributed by atoms with Crippen LogP contribution in [0, 0.1) is 25.2 Å². The Bertz CT molecular complexity index is 1550. The van der Waals surface area contributed by atoms with Crippen molar-refractivity contribution >= 4 is 46.1 Å². The average molecular weight is 573 g/mol. The highest BCUT2D eigenvalue weighted by Gasteiger charge is 2.33. The summed E-state index contributed by atoms with van der Waals surface area (Å²) in [6, 6.07) is 17.8. The molecule has 40 heavy (non-hydrogen) atoms. The number of nitrogens with zero attached hydrogens (tertiary/aromatic N) is 3. The quantitative estimate of drug-likeness (QED) is 0.230. The lowest BCUT2D eigenvalue weighted by molar-refractivity contribution is -0.122. The van der Waals surface area contributed by atoms with Crippen LogP contribution < -0.4 is 15.6 Å². The number of thioether (sulfide) groups is 1. The van der Waals surface area contributed by atoms with Crippen molar-refractivity contribution in [2.45, 2.75) is 53.2 Å². The number of unbranched alkanes of at least 4 members (excludes halogenated alkanes) is 1. The van der Waals surface area contributed by atoms with Crippen molar-refractivity contribution in [2.75, 3.05) is 12.4 Å². The molecule has 0 saturated carbocycles. The molecular formula is C31H32N4O3S2. The van der Waals surface area contributed by atoms with Crippen molar-refractivity contribution in [2.24, 2.45) is 0 Å². The van der Waals surface area contributed by atoms with E-state index in [0.717, 1.165) is 35.3 Å². The maximum absolute atomic E-state index is 13.5. The molecule has 1 amide bonds. The van der Waals surface area contributed by atoms with Crippen LogP contribution in [0.4, 0.5) is 5.82 Å². The molecule has 0 radical (unpaired) electrons. The smallest absolute Gasteiger partial charge is 0.270 e. The van der Waals surface area contributed by atoms with Crippen molar-refractivity contribution in [1.29, 1.82) is 5.26 Å². The standard InChI is InChI=1S/C31H32N4O3S2/c1-5-6-15-34-28(33-18-22-11-13-24(38-4)14-12-22)25(21(3)26(17-32)29(34)36)16-27-30(37)35(31(39)40-27)19-23-9-7-20(2)8-10-23/h7-14,16,33H,5-6,15,18-19H2,1-4H3/b27-16+. The number of pyridine rings is 1. The average Bonchev–Trinajstić information content (AvgIpc) is 3.22. The molecule has 1 saturated heterocycles. The minimum absolute atomic E-state index is 0.0764. The summed E-state index contributed by atoms with van der Waals surface area (Å²) in [5.41, 5.74) is 4.03. The molecule has 1 fully saturated rings. The normalized spacial score (nSPS) is 14.1. The second kappa shape index (κ2) is 13.0. The van der Waals surface area contributed by atoms with Crippen LogP contribution in [0.15, 0.2) is 58.2 Å². The molecular weight excluding hydrogens is 541 g/mol. The van der Waals surface area contributed by atoms with Crippen molar-refractivity contribution in [3.05, 3.63) is 97.2 Å². The van der Waals surface area contributed by atoms with Crippen molar-refractivity contribution in [1.82, 2.24) is 9.47 Å². The van der Waals surface area contributed by atoms with E-state index < -0.39 is 0 Å². The van der Waals surface area contributed by atoms with Crippen LogP contribution in [-0.4, -0.2) is 26.8 Å². The van der Waals surface area contributed by atoms with Crippen LogP contribution in [0.5, 0.6) is 5.75 Å². The van der Waals surface area contributed by atoms with Gasteiger partial charge in [0.1, 0.15) is 27.5 Å². The molecule has 1 N–H and O–H groups in total. The van der Waals surface area contributed by atoms with Gasteiger partial charge in [-0.3, -0.25) is 19.1 Å². The molecule has 0 spiro atoms. The molecule has 3 aromatic rings. The Hall–Kier alpha value is -3.87. The molecule has 1 aliphatic rings. The maximum Gasteiger partial charge on any atom is 0.270 e. The summed E-state index contributed by atoms with van der Waals surface area (Å²) >= 11 is 6.82. The topological polar surface area (TPSA) is 87.4 Å². The highest BCUT2D eigenvalue weighted by molar-refractivity contribution is 8.26. The molecule has 1 aromatic heterocycles. The lowest BCUT2D eigenvalue weighted by Gasteiger charge is -2.20. The molecule has 2 aromatic carbocycles. The lowest BCUT2D eigenvalue weighted by atomic mass is 10.0. The predicted molar refractivity (Wildman–Crippen MR) is 165 cm³/mol. The monoisotopic (exact) mass is 572 g/mol. The highest BCUT2D eigenvalue weighted by atomic mass is 32.2. The fourth-order valence-electron chi connectivity index (χ4n) is 4.46. The Morgan fingerprint density at radius 2 is 1.75 bits per heavy atom. The van der Waals surface area contributed by atoms with E-state index in [1.54, 1.807) is 29.6 Å². The van der Waals surface area contributed by atoms with Gasteiger partial charge in [-0.25, -0.2) is 0 Å². The van der Waals surface area contributed by atoms with Gasteiger partial charge in [-0.15, -0.1) is 0 Å². The largest absolute Gasteiger partial charge is 0.497 e. The van der Waals surface area contributed by atoms with Crippen LogP contribution in [0.1, 0.15) is 53.1 Å². The third-order valence-corrected chi connectivity index (χ3v) is 8.22. The maximum atomic E-state index is 13.5. The second-order valence-corrected chi connectivity index (χ2v) is 11.3. The van der Waals surface area contributed by atoms with Gasteiger partial charge in [0.25, 0.3) is 11.5 Å². The molecule has 1 aliphatic heterocycles. The summed E-state index contributed by atoms with van der Waals surface area (Å²) in [6.07, 6.45) is 3.42. The number of aromatic nitrogens is 1. The molecule has 9 heteroatoms. The number of carbonyl (C=O) groups is 1. The summed E-state index contributed by atoms with van der Waals surface area (Å²) in [6.45, 7) is 7.09. The van der Waals surface area contributed by atoms with Gasteiger partial charge in [-0.1, -0.05) is 79.3 Å². The first kappa shape index (κ1) is 29.1. The second-order valence-electron chi connectivity index (χ2n) is 9.64. The summed E-state index contributed by atoms with van der Waals surface area (Å²) in [5.74, 6) is 1.14. The molecule has 0 bridgehead atoms. The number of carbonyl (C=O) groups excluding carboxylic acids is 1. The van der Waals surface area contributed by atoms with Gasteiger partial charge in [0, 0.05) is 18.7 Å². The van der Waals surface area contributed by atoms with Gasteiger partial charge in [0.2, 0.25) is 0 Å². The number of rotatable bonds is 10. The van der Waals surface area contributed by atoms with E-state index in [-0.39, 0.29) is 17.0 Å². The van der Waals surface area contributed by atoms with Crippen molar-refractivity contribution < 1.29 is 9.53 Å². The van der Waals surface area contributed by atoms with Gasteiger partial charge in [0.15, 0.2) is 0 Å². The Kier molecular flexibility index (Phi) is 9.46. The number of hydrogen-bond donors (Lipinski definition) is 1. The summed E-state index contributed by atoms with van der Waals surface area (Å²) in [7, 11) is 1.62. The van der Waals surface area contributed by atoms with Crippen LogP contribution in [0.25, 0.3) is 6.08 Å². The van der Waals surface area contributed by atoms with Crippen molar-refractivity contribution in [3.8, 4) is 11.8 Å². The predicted octanol–water partition coefficient (Wildman–Crippen LogP) is 6.16. The fourth-order valence-corrected chi connectivity index (χ4v) is 5.69. The Morgan fingerprint density at radius 3 is 2.38 bits per heavy atom. The van der Waals surface area contributed by atoms with E-state index in [0.29, 0.717) is 45.8 Å². The number of thiocarbonyl (C=S) groups is 1. The number of anilines is 1. The van der Waals surface area contributed by atoms with Gasteiger partial charge >= 0.3 is 0 Å². The van der Waals surface area contributed by atoms with Crippen LogP contribution in [0.3, 0.4) is 0 Å². The summed E-state index contributed by atoms with van der Waals surface area (Å²) in [5, 5.41) is 13.3. The number of hydrogen-bond acceptors (Lipinski definition) is 7. The summed E-state index contributed by atoms with van der Waals surface area (Å²) < 4.78 is 7.36.